The first-order valence-electron chi connectivity index (χ1n) is 26.5. The second-order valence-electron chi connectivity index (χ2n) is 19.8. The van der Waals surface area contributed by atoms with E-state index in [1.165, 1.54) is 64.0 Å². The lowest BCUT2D eigenvalue weighted by Gasteiger charge is -2.33. The second kappa shape index (κ2) is 20.3. The van der Waals surface area contributed by atoms with Gasteiger partial charge in [0.2, 0.25) is 0 Å². The molecule has 3 nitrogen and oxygen atoms in total. The first kappa shape index (κ1) is 46.5. The number of fused-ring (bicyclic) bond motifs is 5. The van der Waals surface area contributed by atoms with Crippen molar-refractivity contribution in [1.29, 1.82) is 0 Å². The molecule has 0 saturated heterocycles. The van der Waals surface area contributed by atoms with E-state index in [2.05, 4.69) is 324 Å². The third-order valence-corrected chi connectivity index (χ3v) is 16.1. The van der Waals surface area contributed by atoms with Crippen molar-refractivity contribution < 1.29 is 0 Å². The van der Waals surface area contributed by atoms with Crippen molar-refractivity contribution >= 4 is 104 Å². The number of benzene rings is 13. The zero-order valence-corrected chi connectivity index (χ0v) is 43.5. The van der Waals surface area contributed by atoms with Gasteiger partial charge in [0, 0.05) is 54.3 Å². The monoisotopic (exact) mass is 1010 g/mol. The fourth-order valence-corrected chi connectivity index (χ4v) is 12.2. The summed E-state index contributed by atoms with van der Waals surface area (Å²) in [6.45, 7) is 0. The Hall–Kier alpha value is -10.0. The van der Waals surface area contributed by atoms with E-state index in [1.54, 1.807) is 0 Å². The first-order valence-corrected chi connectivity index (χ1v) is 27.4. The molecule has 0 saturated carbocycles. The summed E-state index contributed by atoms with van der Waals surface area (Å²) in [5.74, 6) is 0. The average Bonchev–Trinajstić information content (AvgIpc) is 3.90. The van der Waals surface area contributed by atoms with Crippen molar-refractivity contribution in [3.63, 3.8) is 0 Å². The Morgan fingerprint density at radius 2 is 0.487 bits per heavy atom. The van der Waals surface area contributed by atoms with Crippen molar-refractivity contribution in [1.82, 2.24) is 0 Å². The van der Waals surface area contributed by atoms with Crippen molar-refractivity contribution in [2.75, 3.05) is 14.7 Å². The van der Waals surface area contributed by atoms with Crippen molar-refractivity contribution in [2.24, 2.45) is 0 Å². The van der Waals surface area contributed by atoms with Crippen LogP contribution in [0.3, 0.4) is 0 Å². The number of rotatable bonds is 12. The van der Waals surface area contributed by atoms with Gasteiger partial charge in [0.25, 0.3) is 0 Å². The molecule has 4 heteroatoms. The number of thiophene rings is 1. The van der Waals surface area contributed by atoms with Crippen LogP contribution in [0.4, 0.5) is 51.2 Å². The van der Waals surface area contributed by atoms with Gasteiger partial charge < -0.3 is 14.7 Å². The maximum atomic E-state index is 2.39. The molecule has 14 aromatic rings. The van der Waals surface area contributed by atoms with Crippen LogP contribution in [0, 0.1) is 0 Å². The summed E-state index contributed by atoms with van der Waals surface area (Å²) in [5.41, 5.74) is 16.4. The van der Waals surface area contributed by atoms with Crippen LogP contribution in [0.15, 0.2) is 309 Å². The molecule has 0 aliphatic heterocycles. The summed E-state index contributed by atoms with van der Waals surface area (Å²) < 4.78 is 2.62. The van der Waals surface area contributed by atoms with E-state index >= 15 is 0 Å². The van der Waals surface area contributed by atoms with E-state index in [1.807, 2.05) is 11.3 Å². The Morgan fingerprint density at radius 1 is 0.179 bits per heavy atom. The van der Waals surface area contributed by atoms with Crippen LogP contribution in [0.25, 0.3) is 75.1 Å². The van der Waals surface area contributed by atoms with Crippen LogP contribution in [0.1, 0.15) is 0 Å². The van der Waals surface area contributed by atoms with E-state index in [-0.39, 0.29) is 0 Å². The molecule has 0 fully saturated rings. The molecule has 0 N–H and O–H groups in total. The highest BCUT2D eigenvalue weighted by molar-refractivity contribution is 7.25. The van der Waals surface area contributed by atoms with E-state index in [9.17, 15) is 0 Å². The average molecular weight is 1010 g/mol. The van der Waals surface area contributed by atoms with Gasteiger partial charge in [0.1, 0.15) is 0 Å². The molecule has 368 valence electrons. The Bertz CT molecular complexity index is 4240. The largest absolute Gasteiger partial charge is 0.310 e. The van der Waals surface area contributed by atoms with Crippen molar-refractivity contribution in [3.8, 4) is 33.4 Å². The molecule has 0 spiro atoms. The highest BCUT2D eigenvalue weighted by Gasteiger charge is 2.23. The predicted octanol–water partition coefficient (Wildman–Crippen LogP) is 21.8. The molecular weight excluding hydrogens is 963 g/mol. The van der Waals surface area contributed by atoms with Crippen LogP contribution in [-0.4, -0.2) is 0 Å². The highest BCUT2D eigenvalue weighted by Crippen LogP contribution is 2.47. The summed E-state index contributed by atoms with van der Waals surface area (Å²) in [6, 6.07) is 113. The van der Waals surface area contributed by atoms with Crippen LogP contribution in [-0.2, 0) is 0 Å². The number of hydrogen-bond acceptors (Lipinski definition) is 4. The van der Waals surface area contributed by atoms with Gasteiger partial charge in [-0.05, 0) is 176 Å². The third-order valence-electron chi connectivity index (χ3n) is 15.0. The summed E-state index contributed by atoms with van der Waals surface area (Å²) in [7, 11) is 0. The number of para-hydroxylation sites is 3. The van der Waals surface area contributed by atoms with Gasteiger partial charge in [0.15, 0.2) is 0 Å². The Labute approximate surface area is 459 Å². The molecule has 0 bridgehead atoms. The lowest BCUT2D eigenvalue weighted by Crippen LogP contribution is -2.16. The van der Waals surface area contributed by atoms with Crippen molar-refractivity contribution in [2.45, 2.75) is 0 Å². The topological polar surface area (TPSA) is 9.72 Å². The Kier molecular flexibility index (Phi) is 12.1. The molecule has 14 rings (SSSR count). The maximum Gasteiger partial charge on any atom is 0.0503 e. The minimum absolute atomic E-state index is 1.01. The SMILES string of the molecule is c1ccc(N(c2ccc(-c3ccc4ccccc4c3)cc2)c2cc(N(c3ccccc3)c3ccc(-c4ccc5ccccc5c4)cc3)cc(N(c3ccccc3)c3ccc(-c4ccc5sc6ccccc6c5c4)cc3)c2)cc1. The molecule has 1 heterocycles. The van der Waals surface area contributed by atoms with Gasteiger partial charge >= 0.3 is 0 Å². The minimum atomic E-state index is 1.01. The third kappa shape index (κ3) is 9.00. The van der Waals surface area contributed by atoms with Gasteiger partial charge in [-0.25, -0.2) is 0 Å². The number of nitrogens with zero attached hydrogens (tertiary/aromatic N) is 3. The lowest BCUT2D eigenvalue weighted by atomic mass is 10.0. The number of hydrogen-bond donors (Lipinski definition) is 0. The van der Waals surface area contributed by atoms with Crippen LogP contribution < -0.4 is 14.7 Å². The summed E-state index contributed by atoms with van der Waals surface area (Å²) >= 11 is 1.85. The number of anilines is 9. The first-order chi connectivity index (χ1) is 38.6. The lowest BCUT2D eigenvalue weighted by molar-refractivity contribution is 1.22. The fourth-order valence-electron chi connectivity index (χ4n) is 11.1. The van der Waals surface area contributed by atoms with E-state index in [0.717, 1.165) is 62.3 Å². The highest BCUT2D eigenvalue weighted by atomic mass is 32.1. The second-order valence-corrected chi connectivity index (χ2v) is 20.9. The molecule has 0 unspecified atom stereocenters. The van der Waals surface area contributed by atoms with Gasteiger partial charge in [-0.1, -0.05) is 188 Å². The van der Waals surface area contributed by atoms with Crippen LogP contribution >= 0.6 is 11.3 Å². The van der Waals surface area contributed by atoms with E-state index in [0.29, 0.717) is 0 Å². The fraction of sp³-hybridized carbons (Fsp3) is 0. The van der Waals surface area contributed by atoms with Gasteiger partial charge in [-0.15, -0.1) is 11.3 Å². The predicted molar refractivity (Wildman–Crippen MR) is 335 cm³/mol. The zero-order chi connectivity index (χ0) is 51.8. The van der Waals surface area contributed by atoms with E-state index in [4.69, 9.17) is 0 Å². The van der Waals surface area contributed by atoms with Crippen molar-refractivity contribution in [3.05, 3.63) is 309 Å². The van der Waals surface area contributed by atoms with Gasteiger partial charge in [-0.2, -0.15) is 0 Å². The normalized spacial score (nSPS) is 11.3. The molecule has 1 aromatic heterocycles. The summed E-state index contributed by atoms with van der Waals surface area (Å²) in [6.07, 6.45) is 0. The van der Waals surface area contributed by atoms with E-state index < -0.39 is 0 Å². The smallest absolute Gasteiger partial charge is 0.0503 e. The van der Waals surface area contributed by atoms with Crippen LogP contribution in [0.5, 0.6) is 0 Å². The molecule has 0 amide bonds. The summed E-state index contributed by atoms with van der Waals surface area (Å²) in [4.78, 5) is 7.17. The molecule has 78 heavy (non-hydrogen) atoms. The molecule has 0 aliphatic carbocycles. The maximum absolute atomic E-state index is 2.39. The molecule has 0 radical (unpaired) electrons. The molecule has 0 aliphatic rings. The molecule has 13 aromatic carbocycles. The van der Waals surface area contributed by atoms with Crippen LogP contribution in [0.2, 0.25) is 0 Å². The molecule has 0 atom stereocenters. The Balaban J connectivity index is 0.939. The standard InChI is InChI=1S/C74H51N3S/c1-4-20-62(21-5-1)75(65-39-32-54(33-40-65)59-30-28-52-16-10-12-18-57(52)46-59)68-49-69(76(63-22-6-2-7-23-63)66-41-34-55(35-42-66)60-31-29-53-17-11-13-19-58(53)47-60)51-70(50-68)77(64-24-8-3-9-25-64)67-43-36-56(37-44-67)61-38-45-74-72(48-61)71-26-14-15-27-73(71)78-74/h1-51H. The quantitative estimate of drug-likeness (QED) is 0.121. The van der Waals surface area contributed by atoms with Gasteiger partial charge in [0.05, 0.1) is 17.1 Å². The Morgan fingerprint density at radius 3 is 0.910 bits per heavy atom. The minimum Gasteiger partial charge on any atom is -0.310 e. The molecular formula is C74H51N3S. The summed E-state index contributed by atoms with van der Waals surface area (Å²) in [5, 5.41) is 7.53. The van der Waals surface area contributed by atoms with Gasteiger partial charge in [-0.3, -0.25) is 0 Å². The zero-order valence-electron chi connectivity index (χ0n) is 42.7.